The summed E-state index contributed by atoms with van der Waals surface area (Å²) < 4.78 is 6.32. The number of hydrogen-bond donors (Lipinski definition) is 0. The van der Waals surface area contributed by atoms with Crippen LogP contribution in [0.25, 0.3) is 0 Å². The van der Waals surface area contributed by atoms with Crippen LogP contribution in [0.1, 0.15) is 54.4 Å². The fourth-order valence-electron chi connectivity index (χ4n) is 1.95. The Bertz CT molecular complexity index is 298. The molecule has 4 nitrogen and oxygen atoms in total. The van der Waals surface area contributed by atoms with Gasteiger partial charge in [-0.3, -0.25) is 10.1 Å². The van der Waals surface area contributed by atoms with Crippen molar-refractivity contribution in [3.63, 3.8) is 0 Å². The van der Waals surface area contributed by atoms with Gasteiger partial charge in [0.1, 0.15) is 6.10 Å². The normalized spacial score (nSPS) is 16.5. The quantitative estimate of drug-likeness (QED) is 0.394. The maximum absolute atomic E-state index is 11.3. The van der Waals surface area contributed by atoms with Gasteiger partial charge in [-0.1, -0.05) is 48.0 Å². The summed E-state index contributed by atoms with van der Waals surface area (Å²) >= 11 is 0. The van der Waals surface area contributed by atoms with Crippen molar-refractivity contribution in [2.24, 2.45) is 5.92 Å². The molecule has 0 heterocycles. The van der Waals surface area contributed by atoms with Crippen molar-refractivity contribution in [1.29, 1.82) is 0 Å². The van der Waals surface area contributed by atoms with Gasteiger partial charge in [0.2, 0.25) is 6.04 Å². The Hall–Kier alpha value is -0.423. The van der Waals surface area contributed by atoms with Crippen molar-refractivity contribution in [3.8, 4) is 0 Å². The van der Waals surface area contributed by atoms with Crippen LogP contribution in [-0.4, -0.2) is 25.4 Å². The van der Waals surface area contributed by atoms with Crippen molar-refractivity contribution in [2.75, 3.05) is 0 Å². The molecular weight excluding hydrogens is 258 g/mol. The molecule has 0 aromatic carbocycles. The monoisotopic (exact) mass is 289 g/mol. The Morgan fingerprint density at radius 1 is 1.26 bits per heavy atom. The molecule has 0 saturated heterocycles. The topological polar surface area (TPSA) is 52.4 Å². The summed E-state index contributed by atoms with van der Waals surface area (Å²) in [5, 5.41) is 11.4. The Morgan fingerprint density at radius 3 is 2.00 bits per heavy atom. The molecule has 0 radical (unpaired) electrons. The zero-order valence-corrected chi connectivity index (χ0v) is 14.8. The zero-order chi connectivity index (χ0) is 15.4. The summed E-state index contributed by atoms with van der Waals surface area (Å²) in [6.45, 7) is 16.7. The lowest BCUT2D eigenvalue weighted by molar-refractivity contribution is -0.542. The predicted molar refractivity (Wildman–Crippen MR) is 82.6 cm³/mol. The first-order valence-corrected chi connectivity index (χ1v) is 10.2. The molecule has 2 atom stereocenters. The Morgan fingerprint density at radius 2 is 1.74 bits per heavy atom. The van der Waals surface area contributed by atoms with Crippen molar-refractivity contribution >= 4 is 8.32 Å². The predicted octanol–water partition coefficient (Wildman–Crippen LogP) is 4.48. The second kappa shape index (κ2) is 6.84. The van der Waals surface area contributed by atoms with Crippen LogP contribution in [-0.2, 0) is 4.43 Å². The van der Waals surface area contributed by atoms with Crippen molar-refractivity contribution in [1.82, 2.24) is 0 Å². The van der Waals surface area contributed by atoms with E-state index in [-0.39, 0.29) is 22.0 Å². The number of rotatable bonds is 7. The molecule has 0 bridgehead atoms. The summed E-state index contributed by atoms with van der Waals surface area (Å²) in [5.41, 5.74) is 0. The van der Waals surface area contributed by atoms with Crippen LogP contribution >= 0.6 is 0 Å². The molecule has 0 rings (SSSR count). The van der Waals surface area contributed by atoms with Crippen LogP contribution in [0.3, 0.4) is 0 Å². The van der Waals surface area contributed by atoms with Gasteiger partial charge in [-0.2, -0.15) is 0 Å². The van der Waals surface area contributed by atoms with E-state index in [1.54, 1.807) is 0 Å². The van der Waals surface area contributed by atoms with E-state index in [1.807, 2.05) is 13.8 Å². The lowest BCUT2D eigenvalue weighted by Gasteiger charge is -2.40. The Balaban J connectivity index is 5.16. The first kappa shape index (κ1) is 18.6. The van der Waals surface area contributed by atoms with Crippen molar-refractivity contribution in [3.05, 3.63) is 10.1 Å². The maximum atomic E-state index is 11.3. The summed E-state index contributed by atoms with van der Waals surface area (Å²) in [6.07, 6.45) is 1.41. The third kappa shape index (κ3) is 5.22. The molecule has 0 aliphatic rings. The number of nitrogens with zero attached hydrogens (tertiary/aromatic N) is 1. The summed E-state index contributed by atoms with van der Waals surface area (Å²) in [5.74, 6) is -0.00341. The Labute approximate surface area is 119 Å². The van der Waals surface area contributed by atoms with Crippen LogP contribution in [0.5, 0.6) is 0 Å². The summed E-state index contributed by atoms with van der Waals surface area (Å²) in [6, 6.07) is -0.603. The maximum Gasteiger partial charge on any atom is 0.239 e. The minimum absolute atomic E-state index is 0.00341. The van der Waals surface area contributed by atoms with E-state index in [0.29, 0.717) is 0 Å². The fourth-order valence-corrected chi connectivity index (χ4v) is 3.32. The molecule has 114 valence electrons. The first-order valence-electron chi connectivity index (χ1n) is 7.25. The van der Waals surface area contributed by atoms with Gasteiger partial charge < -0.3 is 4.43 Å². The SMILES string of the molecule is CCC[C@@H](O[Si](C)(C)C(C)(C)C)[C@H](C(C)C)[N+](=O)[O-]. The highest BCUT2D eigenvalue weighted by molar-refractivity contribution is 6.74. The molecule has 0 aliphatic carbocycles. The van der Waals surface area contributed by atoms with Gasteiger partial charge in [0.15, 0.2) is 8.32 Å². The van der Waals surface area contributed by atoms with Crippen molar-refractivity contribution in [2.45, 2.75) is 84.7 Å². The molecule has 0 saturated carbocycles. The van der Waals surface area contributed by atoms with Gasteiger partial charge in [-0.05, 0) is 24.6 Å². The van der Waals surface area contributed by atoms with Crippen molar-refractivity contribution < 1.29 is 9.35 Å². The van der Waals surface area contributed by atoms with Gasteiger partial charge in [0, 0.05) is 10.8 Å². The minimum atomic E-state index is -1.96. The number of nitro groups is 1. The molecule has 0 N–H and O–H groups in total. The van der Waals surface area contributed by atoms with E-state index < -0.39 is 14.4 Å². The molecule has 0 amide bonds. The standard InChI is InChI=1S/C14H31NO3Si/c1-9-10-12(13(11(2)3)15(16)17)18-19(7,8)14(4,5)6/h11-13H,9-10H2,1-8H3/t12-,13+/m1/s1. The van der Waals surface area contributed by atoms with Crippen LogP contribution in [0.4, 0.5) is 0 Å². The fraction of sp³-hybridized carbons (Fsp3) is 1.00. The van der Waals surface area contributed by atoms with E-state index >= 15 is 0 Å². The van der Waals surface area contributed by atoms with Gasteiger partial charge in [-0.15, -0.1) is 0 Å². The minimum Gasteiger partial charge on any atom is -0.407 e. The first-order chi connectivity index (χ1) is 8.44. The van der Waals surface area contributed by atoms with Gasteiger partial charge >= 0.3 is 0 Å². The zero-order valence-electron chi connectivity index (χ0n) is 13.8. The summed E-state index contributed by atoms with van der Waals surface area (Å²) in [7, 11) is -1.96. The highest BCUT2D eigenvalue weighted by atomic mass is 28.4. The third-order valence-electron chi connectivity index (χ3n) is 4.13. The third-order valence-corrected chi connectivity index (χ3v) is 8.64. The lowest BCUT2D eigenvalue weighted by atomic mass is 9.96. The molecule has 0 aromatic heterocycles. The van der Waals surface area contributed by atoms with E-state index in [9.17, 15) is 10.1 Å². The largest absolute Gasteiger partial charge is 0.407 e. The molecular formula is C14H31NO3Si. The molecule has 19 heavy (non-hydrogen) atoms. The van der Waals surface area contributed by atoms with Gasteiger partial charge in [0.25, 0.3) is 0 Å². The van der Waals surface area contributed by atoms with Gasteiger partial charge in [0.05, 0.1) is 0 Å². The molecule has 0 spiro atoms. The molecule has 0 fully saturated rings. The number of hydrogen-bond acceptors (Lipinski definition) is 3. The van der Waals surface area contributed by atoms with Crippen LogP contribution in [0.2, 0.25) is 18.1 Å². The van der Waals surface area contributed by atoms with E-state index in [1.165, 1.54) is 0 Å². The van der Waals surface area contributed by atoms with Crippen LogP contribution < -0.4 is 0 Å². The van der Waals surface area contributed by atoms with Gasteiger partial charge in [-0.25, -0.2) is 0 Å². The second-order valence-corrected chi connectivity index (χ2v) is 12.0. The second-order valence-electron chi connectivity index (χ2n) is 7.23. The molecule has 5 heteroatoms. The smallest absolute Gasteiger partial charge is 0.239 e. The molecule has 0 aromatic rings. The average molecular weight is 289 g/mol. The molecule has 0 unspecified atom stereocenters. The van der Waals surface area contributed by atoms with E-state index in [0.717, 1.165) is 12.8 Å². The molecule has 0 aliphatic heterocycles. The van der Waals surface area contributed by atoms with Crippen LogP contribution in [0.15, 0.2) is 0 Å². The Kier molecular flexibility index (Phi) is 6.69. The lowest BCUT2D eigenvalue weighted by Crippen LogP contribution is -2.50. The summed E-state index contributed by atoms with van der Waals surface area (Å²) in [4.78, 5) is 11.2. The highest BCUT2D eigenvalue weighted by Gasteiger charge is 2.44. The van der Waals surface area contributed by atoms with E-state index in [4.69, 9.17) is 4.43 Å². The average Bonchev–Trinajstić information content (AvgIpc) is 2.13. The highest BCUT2D eigenvalue weighted by Crippen LogP contribution is 2.38. The van der Waals surface area contributed by atoms with E-state index in [2.05, 4.69) is 40.8 Å². The van der Waals surface area contributed by atoms with Crippen LogP contribution in [0, 0.1) is 16.0 Å².